The van der Waals surface area contributed by atoms with Crippen LogP contribution in [0, 0.1) is 17.1 Å². The number of rotatable bonds is 7. The van der Waals surface area contributed by atoms with Crippen LogP contribution in [0.15, 0.2) is 36.0 Å². The molecule has 1 fully saturated rings. The van der Waals surface area contributed by atoms with Crippen LogP contribution in [-0.2, 0) is 11.3 Å². The fourth-order valence-corrected chi connectivity index (χ4v) is 2.42. The van der Waals surface area contributed by atoms with Gasteiger partial charge in [0.2, 0.25) is 0 Å². The summed E-state index contributed by atoms with van der Waals surface area (Å²) in [5, 5.41) is 18.0. The normalized spacial score (nSPS) is 15.6. The Balaban J connectivity index is 1.74. The second-order valence-electron chi connectivity index (χ2n) is 5.53. The first-order chi connectivity index (χ1) is 11.7. The van der Waals surface area contributed by atoms with E-state index < -0.39 is 5.91 Å². The van der Waals surface area contributed by atoms with E-state index in [2.05, 4.69) is 20.9 Å². The summed E-state index contributed by atoms with van der Waals surface area (Å²) in [4.78, 5) is 14.2. The first-order valence-electron chi connectivity index (χ1n) is 7.98. The number of halogens is 1. The van der Waals surface area contributed by atoms with Crippen molar-refractivity contribution in [2.24, 2.45) is 0 Å². The summed E-state index contributed by atoms with van der Waals surface area (Å²) in [7, 11) is 0. The molecule has 0 unspecified atom stereocenters. The molecule has 0 bridgehead atoms. The standard InChI is InChI=1S/C17H22FN5O/c18-16-3-1-2-14(10-16)12-21-13-15(11-19)17(24)22-6-9-23-7-4-20-5-8-23/h1-3,10,13,20-21H,4-9,12H2,(H,22,24)/b15-13-. The molecule has 1 amide bonds. The molecule has 1 saturated heterocycles. The summed E-state index contributed by atoms with van der Waals surface area (Å²) in [5.41, 5.74) is 0.745. The van der Waals surface area contributed by atoms with Gasteiger partial charge in [-0.05, 0) is 17.7 Å². The molecule has 3 N–H and O–H groups in total. The highest BCUT2D eigenvalue weighted by Crippen LogP contribution is 2.03. The summed E-state index contributed by atoms with van der Waals surface area (Å²) in [6.07, 6.45) is 1.37. The lowest BCUT2D eigenvalue weighted by atomic mass is 10.2. The Morgan fingerprint density at radius 1 is 1.42 bits per heavy atom. The molecule has 7 heteroatoms. The van der Waals surface area contributed by atoms with Crippen molar-refractivity contribution in [2.75, 3.05) is 39.3 Å². The second kappa shape index (κ2) is 9.65. The fourth-order valence-electron chi connectivity index (χ4n) is 2.42. The second-order valence-corrected chi connectivity index (χ2v) is 5.53. The van der Waals surface area contributed by atoms with Gasteiger partial charge in [0.15, 0.2) is 0 Å². The summed E-state index contributed by atoms with van der Waals surface area (Å²) in [6, 6.07) is 8.03. The van der Waals surface area contributed by atoms with Gasteiger partial charge in [-0.1, -0.05) is 12.1 Å². The van der Waals surface area contributed by atoms with Gasteiger partial charge < -0.3 is 16.0 Å². The molecule has 2 rings (SSSR count). The molecule has 0 saturated carbocycles. The number of nitrogens with zero attached hydrogens (tertiary/aromatic N) is 2. The third-order valence-corrected chi connectivity index (χ3v) is 3.73. The Bertz CT molecular complexity index is 620. The number of amides is 1. The third kappa shape index (κ3) is 5.99. The van der Waals surface area contributed by atoms with Crippen LogP contribution < -0.4 is 16.0 Å². The topological polar surface area (TPSA) is 80.2 Å². The first-order valence-corrected chi connectivity index (χ1v) is 7.98. The number of nitriles is 1. The van der Waals surface area contributed by atoms with Crippen molar-refractivity contribution in [3.8, 4) is 6.07 Å². The van der Waals surface area contributed by atoms with Crippen molar-refractivity contribution in [1.82, 2.24) is 20.9 Å². The largest absolute Gasteiger partial charge is 0.386 e. The van der Waals surface area contributed by atoms with E-state index >= 15 is 0 Å². The SMILES string of the molecule is N#C/C(=C/NCc1cccc(F)c1)C(=O)NCCN1CCNCC1. The number of carbonyl (C=O) groups excluding carboxylic acids is 1. The van der Waals surface area contributed by atoms with Crippen LogP contribution >= 0.6 is 0 Å². The predicted molar refractivity (Wildman–Crippen MR) is 89.3 cm³/mol. The van der Waals surface area contributed by atoms with E-state index in [9.17, 15) is 9.18 Å². The zero-order valence-corrected chi connectivity index (χ0v) is 13.5. The maximum absolute atomic E-state index is 13.1. The Morgan fingerprint density at radius 2 is 2.21 bits per heavy atom. The van der Waals surface area contributed by atoms with E-state index in [0.29, 0.717) is 13.1 Å². The molecular weight excluding hydrogens is 309 g/mol. The van der Waals surface area contributed by atoms with Crippen LogP contribution in [0.5, 0.6) is 0 Å². The van der Waals surface area contributed by atoms with Crippen LogP contribution in [0.4, 0.5) is 4.39 Å². The molecular formula is C17H22FN5O. The van der Waals surface area contributed by atoms with Gasteiger partial charge in [-0.3, -0.25) is 9.69 Å². The third-order valence-electron chi connectivity index (χ3n) is 3.73. The van der Waals surface area contributed by atoms with E-state index in [-0.39, 0.29) is 11.4 Å². The molecule has 0 spiro atoms. The highest BCUT2D eigenvalue weighted by Gasteiger charge is 2.11. The monoisotopic (exact) mass is 331 g/mol. The number of hydrogen-bond acceptors (Lipinski definition) is 5. The maximum atomic E-state index is 13.1. The summed E-state index contributed by atoms with van der Waals surface area (Å²) < 4.78 is 13.1. The number of hydrogen-bond donors (Lipinski definition) is 3. The smallest absolute Gasteiger partial charge is 0.263 e. The van der Waals surface area contributed by atoms with Crippen molar-refractivity contribution < 1.29 is 9.18 Å². The summed E-state index contributed by atoms with van der Waals surface area (Å²) >= 11 is 0. The van der Waals surface area contributed by atoms with E-state index in [4.69, 9.17) is 5.26 Å². The lowest BCUT2D eigenvalue weighted by Crippen LogP contribution is -2.46. The Labute approximate surface area is 141 Å². The lowest BCUT2D eigenvalue weighted by molar-refractivity contribution is -0.117. The van der Waals surface area contributed by atoms with Crippen molar-refractivity contribution in [1.29, 1.82) is 5.26 Å². The molecule has 6 nitrogen and oxygen atoms in total. The highest BCUT2D eigenvalue weighted by atomic mass is 19.1. The maximum Gasteiger partial charge on any atom is 0.263 e. The van der Waals surface area contributed by atoms with E-state index in [0.717, 1.165) is 38.3 Å². The lowest BCUT2D eigenvalue weighted by Gasteiger charge is -2.27. The van der Waals surface area contributed by atoms with E-state index in [1.54, 1.807) is 12.1 Å². The van der Waals surface area contributed by atoms with Gasteiger partial charge in [0.1, 0.15) is 17.5 Å². The van der Waals surface area contributed by atoms with Crippen LogP contribution in [0.25, 0.3) is 0 Å². The Hall–Kier alpha value is -2.43. The first kappa shape index (κ1) is 17.9. The predicted octanol–water partition coefficient (Wildman–Crippen LogP) is 0.344. The minimum Gasteiger partial charge on any atom is -0.386 e. The average Bonchev–Trinajstić information content (AvgIpc) is 2.59. The van der Waals surface area contributed by atoms with E-state index in [1.807, 2.05) is 6.07 Å². The van der Waals surface area contributed by atoms with Crippen molar-refractivity contribution in [3.05, 3.63) is 47.4 Å². The average molecular weight is 331 g/mol. The quantitative estimate of drug-likeness (QED) is 0.496. The van der Waals surface area contributed by atoms with Gasteiger partial charge in [0.05, 0.1) is 0 Å². The van der Waals surface area contributed by atoms with Crippen LogP contribution in [-0.4, -0.2) is 50.1 Å². The van der Waals surface area contributed by atoms with Crippen molar-refractivity contribution in [2.45, 2.75) is 6.54 Å². The zero-order chi connectivity index (χ0) is 17.2. The minimum absolute atomic E-state index is 0.00622. The van der Waals surface area contributed by atoms with Gasteiger partial charge in [0.25, 0.3) is 5.91 Å². The number of benzene rings is 1. The number of piperazine rings is 1. The van der Waals surface area contributed by atoms with Gasteiger partial charge in [0, 0.05) is 52.0 Å². The number of nitrogens with one attached hydrogen (secondary N) is 3. The zero-order valence-electron chi connectivity index (χ0n) is 13.5. The van der Waals surface area contributed by atoms with Crippen LogP contribution in [0.2, 0.25) is 0 Å². The summed E-state index contributed by atoms with van der Waals surface area (Å²) in [6.45, 7) is 5.46. The molecule has 0 aliphatic carbocycles. The molecule has 1 aliphatic rings. The Kier molecular flexibility index (Phi) is 7.21. The van der Waals surface area contributed by atoms with Crippen molar-refractivity contribution >= 4 is 5.91 Å². The van der Waals surface area contributed by atoms with Gasteiger partial charge >= 0.3 is 0 Å². The molecule has 1 heterocycles. The molecule has 0 aromatic heterocycles. The molecule has 128 valence electrons. The fraction of sp³-hybridized carbons (Fsp3) is 0.412. The van der Waals surface area contributed by atoms with Gasteiger partial charge in [-0.15, -0.1) is 0 Å². The Morgan fingerprint density at radius 3 is 2.92 bits per heavy atom. The van der Waals surface area contributed by atoms with Crippen LogP contribution in [0.3, 0.4) is 0 Å². The molecule has 1 aliphatic heterocycles. The molecule has 0 atom stereocenters. The number of carbonyl (C=O) groups is 1. The van der Waals surface area contributed by atoms with Crippen molar-refractivity contribution in [3.63, 3.8) is 0 Å². The highest BCUT2D eigenvalue weighted by molar-refractivity contribution is 5.97. The summed E-state index contributed by atoms with van der Waals surface area (Å²) in [5.74, 6) is -0.719. The molecule has 24 heavy (non-hydrogen) atoms. The van der Waals surface area contributed by atoms with Crippen LogP contribution in [0.1, 0.15) is 5.56 Å². The minimum atomic E-state index is -0.403. The van der Waals surface area contributed by atoms with E-state index in [1.165, 1.54) is 18.3 Å². The molecule has 0 radical (unpaired) electrons. The van der Waals surface area contributed by atoms with Gasteiger partial charge in [-0.2, -0.15) is 5.26 Å². The molecule has 1 aromatic rings. The van der Waals surface area contributed by atoms with Gasteiger partial charge in [-0.25, -0.2) is 4.39 Å². The molecule has 1 aromatic carbocycles.